The Morgan fingerprint density at radius 1 is 1.26 bits per heavy atom. The van der Waals surface area contributed by atoms with Gasteiger partial charge in [0.15, 0.2) is 0 Å². The minimum atomic E-state index is -0.847. The zero-order valence-corrected chi connectivity index (χ0v) is 12.8. The van der Waals surface area contributed by atoms with Crippen LogP contribution in [0.5, 0.6) is 0 Å². The molecule has 0 saturated heterocycles. The Morgan fingerprint density at radius 3 is 2.63 bits per heavy atom. The van der Waals surface area contributed by atoms with Gasteiger partial charge in [-0.3, -0.25) is 4.21 Å². The third-order valence-electron chi connectivity index (χ3n) is 4.80. The molecule has 3 heteroatoms. The van der Waals surface area contributed by atoms with Crippen LogP contribution in [0.4, 0.5) is 0 Å². The molecule has 0 radical (unpaired) electrons. The van der Waals surface area contributed by atoms with Crippen LogP contribution in [0.15, 0.2) is 17.0 Å². The second-order valence-electron chi connectivity index (χ2n) is 5.91. The van der Waals surface area contributed by atoms with Gasteiger partial charge >= 0.3 is 0 Å². The maximum atomic E-state index is 12.7. The average molecular weight is 277 g/mol. The van der Waals surface area contributed by atoms with Gasteiger partial charge in [0, 0.05) is 16.2 Å². The van der Waals surface area contributed by atoms with Crippen LogP contribution in [0.2, 0.25) is 0 Å². The number of hydrogen-bond acceptors (Lipinski definition) is 2. The molecule has 1 aromatic rings. The smallest absolute Gasteiger partial charge is 0.0564 e. The second kappa shape index (κ2) is 5.02. The molecule has 1 heterocycles. The summed E-state index contributed by atoms with van der Waals surface area (Å²) in [5, 5.41) is 3.83. The van der Waals surface area contributed by atoms with Gasteiger partial charge in [-0.05, 0) is 54.5 Å². The van der Waals surface area contributed by atoms with Crippen LogP contribution in [0.1, 0.15) is 49.9 Å². The lowest BCUT2D eigenvalue weighted by Crippen LogP contribution is -2.39. The number of benzene rings is 1. The molecule has 19 heavy (non-hydrogen) atoms. The molecule has 1 N–H and O–H groups in total. The first kappa shape index (κ1) is 13.3. The van der Waals surface area contributed by atoms with Gasteiger partial charge in [-0.2, -0.15) is 0 Å². The average Bonchev–Trinajstić information content (AvgIpc) is 2.87. The zero-order chi connectivity index (χ0) is 13.6. The Bertz CT molecular complexity index is 526. The van der Waals surface area contributed by atoms with Gasteiger partial charge in [-0.25, -0.2) is 0 Å². The molecule has 2 aliphatic rings. The molecular formula is C16H23NOS. The van der Waals surface area contributed by atoms with E-state index in [0.717, 1.165) is 17.9 Å². The van der Waals surface area contributed by atoms with Crippen LogP contribution < -0.4 is 5.32 Å². The summed E-state index contributed by atoms with van der Waals surface area (Å²) >= 11 is 0. The Balaban J connectivity index is 2.13. The van der Waals surface area contributed by atoms with Crippen molar-refractivity contribution in [3.05, 3.63) is 28.8 Å². The Kier molecular flexibility index (Phi) is 3.52. The van der Waals surface area contributed by atoms with Crippen LogP contribution in [0, 0.1) is 5.92 Å². The van der Waals surface area contributed by atoms with Gasteiger partial charge in [-0.1, -0.05) is 26.8 Å². The molecule has 4 atom stereocenters. The molecule has 104 valence electrons. The van der Waals surface area contributed by atoms with E-state index in [2.05, 4.69) is 38.2 Å². The summed E-state index contributed by atoms with van der Waals surface area (Å²) in [6.07, 6.45) is 3.61. The Hall–Kier alpha value is -0.670. The van der Waals surface area contributed by atoms with E-state index in [1.807, 2.05) is 0 Å². The molecule has 3 rings (SSSR count). The van der Waals surface area contributed by atoms with E-state index in [1.165, 1.54) is 29.5 Å². The van der Waals surface area contributed by atoms with Gasteiger partial charge in [0.2, 0.25) is 0 Å². The van der Waals surface area contributed by atoms with Crippen LogP contribution >= 0.6 is 0 Å². The van der Waals surface area contributed by atoms with E-state index in [1.54, 1.807) is 0 Å². The van der Waals surface area contributed by atoms with E-state index >= 15 is 0 Å². The highest BCUT2D eigenvalue weighted by atomic mass is 32.2. The fourth-order valence-corrected chi connectivity index (χ4v) is 5.13. The Morgan fingerprint density at radius 2 is 1.95 bits per heavy atom. The van der Waals surface area contributed by atoms with Crippen molar-refractivity contribution in [3.8, 4) is 0 Å². The molecule has 0 fully saturated rings. The van der Waals surface area contributed by atoms with Crippen LogP contribution in [-0.2, 0) is 23.6 Å². The molecule has 1 aliphatic heterocycles. The predicted molar refractivity (Wildman–Crippen MR) is 79.9 cm³/mol. The van der Waals surface area contributed by atoms with Crippen LogP contribution in [-0.4, -0.2) is 16.0 Å². The quantitative estimate of drug-likeness (QED) is 0.900. The van der Waals surface area contributed by atoms with Crippen molar-refractivity contribution in [2.75, 3.05) is 6.54 Å². The third-order valence-corrected chi connectivity index (χ3v) is 6.70. The molecular weight excluding hydrogens is 254 g/mol. The van der Waals surface area contributed by atoms with Crippen molar-refractivity contribution in [2.45, 2.75) is 56.2 Å². The van der Waals surface area contributed by atoms with Gasteiger partial charge in [-0.15, -0.1) is 0 Å². The highest BCUT2D eigenvalue weighted by Gasteiger charge is 2.36. The number of hydrogen-bond donors (Lipinski definition) is 1. The largest absolute Gasteiger partial charge is 0.310 e. The van der Waals surface area contributed by atoms with Crippen molar-refractivity contribution in [2.24, 2.45) is 5.92 Å². The summed E-state index contributed by atoms with van der Waals surface area (Å²) in [5.74, 6) is 0.424. The zero-order valence-electron chi connectivity index (χ0n) is 12.0. The Labute approximate surface area is 118 Å². The number of aryl methyl sites for hydroxylation is 2. The van der Waals surface area contributed by atoms with Gasteiger partial charge in [0.25, 0.3) is 0 Å². The van der Waals surface area contributed by atoms with Gasteiger partial charge in [0.1, 0.15) is 0 Å². The highest BCUT2D eigenvalue weighted by Crippen LogP contribution is 2.40. The van der Waals surface area contributed by atoms with Crippen LogP contribution in [0.25, 0.3) is 0 Å². The molecule has 0 spiro atoms. The molecule has 0 saturated carbocycles. The summed E-state index contributed by atoms with van der Waals surface area (Å²) in [6.45, 7) is 7.47. The molecule has 0 bridgehead atoms. The third kappa shape index (κ3) is 2.07. The topological polar surface area (TPSA) is 29.1 Å². The number of rotatable bonds is 2. The van der Waals surface area contributed by atoms with Crippen molar-refractivity contribution >= 4 is 10.8 Å². The summed E-state index contributed by atoms with van der Waals surface area (Å²) in [7, 11) is -0.847. The lowest BCUT2D eigenvalue weighted by molar-refractivity contribution is 0.373. The first-order valence-electron chi connectivity index (χ1n) is 7.43. The van der Waals surface area contributed by atoms with E-state index in [9.17, 15) is 4.21 Å². The summed E-state index contributed by atoms with van der Waals surface area (Å²) in [5.41, 5.74) is 4.22. The second-order valence-corrected chi connectivity index (χ2v) is 7.69. The highest BCUT2D eigenvalue weighted by molar-refractivity contribution is 7.85. The minimum absolute atomic E-state index is 0.232. The van der Waals surface area contributed by atoms with E-state index in [-0.39, 0.29) is 5.25 Å². The molecule has 0 aromatic heterocycles. The van der Waals surface area contributed by atoms with Crippen molar-refractivity contribution in [1.29, 1.82) is 0 Å². The first-order valence-corrected chi connectivity index (χ1v) is 8.64. The lowest BCUT2D eigenvalue weighted by Gasteiger charge is -2.36. The minimum Gasteiger partial charge on any atom is -0.310 e. The normalized spacial score (nSPS) is 33.0. The fraction of sp³-hybridized carbons (Fsp3) is 0.625. The van der Waals surface area contributed by atoms with Gasteiger partial charge in [0.05, 0.1) is 10.8 Å². The maximum absolute atomic E-state index is 12.7. The summed E-state index contributed by atoms with van der Waals surface area (Å²) in [4.78, 5) is 1.09. The lowest BCUT2D eigenvalue weighted by atomic mass is 9.89. The summed E-state index contributed by atoms with van der Waals surface area (Å²) in [6, 6.07) is 4.93. The van der Waals surface area contributed by atoms with E-state index in [0.29, 0.717) is 12.0 Å². The molecule has 1 aliphatic carbocycles. The number of fused-ring (bicyclic) bond motifs is 2. The standard InChI is InChI=1S/C16H23NOS/c1-4-17-16-10(2)11(3)19(18)15-9-13-7-5-6-12(13)8-14(15)16/h8-11,16-17H,4-7H2,1-3H3. The molecule has 2 nitrogen and oxygen atoms in total. The van der Waals surface area contributed by atoms with Crippen molar-refractivity contribution in [3.63, 3.8) is 0 Å². The molecule has 4 unspecified atom stereocenters. The predicted octanol–water partition coefficient (Wildman–Crippen LogP) is 2.97. The molecule has 0 amide bonds. The SMILES string of the molecule is CCNC1c2cc3c(cc2S(=O)C(C)C1C)CCC3. The van der Waals surface area contributed by atoms with Crippen LogP contribution in [0.3, 0.4) is 0 Å². The van der Waals surface area contributed by atoms with Crippen molar-refractivity contribution in [1.82, 2.24) is 5.32 Å². The van der Waals surface area contributed by atoms with E-state index in [4.69, 9.17) is 0 Å². The maximum Gasteiger partial charge on any atom is 0.0564 e. The summed E-state index contributed by atoms with van der Waals surface area (Å²) < 4.78 is 12.7. The van der Waals surface area contributed by atoms with Gasteiger partial charge < -0.3 is 5.32 Å². The fourth-order valence-electron chi connectivity index (χ4n) is 3.50. The first-order chi connectivity index (χ1) is 9.13. The van der Waals surface area contributed by atoms with Crippen molar-refractivity contribution < 1.29 is 4.21 Å². The molecule has 1 aromatic carbocycles. The monoisotopic (exact) mass is 277 g/mol. The number of nitrogens with one attached hydrogen (secondary N) is 1. The van der Waals surface area contributed by atoms with E-state index < -0.39 is 10.8 Å².